The van der Waals surface area contributed by atoms with Crippen molar-refractivity contribution in [2.45, 2.75) is 20.4 Å². The SMILES string of the molecule is CN(C)CC(C)(C)Cn1c(=S)[nH]c2cccc(Cl)c21. The van der Waals surface area contributed by atoms with Gasteiger partial charge in [-0.3, -0.25) is 0 Å². The molecule has 2 rings (SSSR count). The second kappa shape index (κ2) is 5.27. The quantitative estimate of drug-likeness (QED) is 0.864. The summed E-state index contributed by atoms with van der Waals surface area (Å²) in [4.78, 5) is 5.42. The van der Waals surface area contributed by atoms with Gasteiger partial charge in [-0.1, -0.05) is 31.5 Å². The fourth-order valence-corrected chi connectivity index (χ4v) is 3.20. The summed E-state index contributed by atoms with van der Waals surface area (Å²) in [6, 6.07) is 5.85. The van der Waals surface area contributed by atoms with Crippen molar-refractivity contribution < 1.29 is 0 Å². The lowest BCUT2D eigenvalue weighted by Crippen LogP contribution is -2.32. The number of fused-ring (bicyclic) bond motifs is 1. The Labute approximate surface area is 124 Å². The fourth-order valence-electron chi connectivity index (χ4n) is 2.66. The smallest absolute Gasteiger partial charge is 0.178 e. The molecule has 1 heterocycles. The number of nitrogens with one attached hydrogen (secondary N) is 1. The van der Waals surface area contributed by atoms with Gasteiger partial charge in [-0.2, -0.15) is 0 Å². The summed E-state index contributed by atoms with van der Waals surface area (Å²) in [6.45, 7) is 6.31. The van der Waals surface area contributed by atoms with Crippen molar-refractivity contribution in [1.82, 2.24) is 14.5 Å². The number of nitrogens with zero attached hydrogens (tertiary/aromatic N) is 2. The van der Waals surface area contributed by atoms with Gasteiger partial charge in [0.2, 0.25) is 0 Å². The van der Waals surface area contributed by atoms with Crippen LogP contribution in [0.15, 0.2) is 18.2 Å². The van der Waals surface area contributed by atoms with Gasteiger partial charge in [-0.25, -0.2) is 0 Å². The minimum atomic E-state index is 0.121. The lowest BCUT2D eigenvalue weighted by atomic mass is 9.93. The number of imidazole rings is 1. The van der Waals surface area contributed by atoms with Crippen molar-refractivity contribution in [3.63, 3.8) is 0 Å². The number of benzene rings is 1. The molecule has 0 aliphatic rings. The van der Waals surface area contributed by atoms with E-state index in [0.717, 1.165) is 33.9 Å². The Bertz CT molecular complexity index is 640. The summed E-state index contributed by atoms with van der Waals surface area (Å²) in [7, 11) is 4.17. The number of para-hydroxylation sites is 1. The molecule has 19 heavy (non-hydrogen) atoms. The van der Waals surface area contributed by atoms with Crippen molar-refractivity contribution in [1.29, 1.82) is 0 Å². The maximum Gasteiger partial charge on any atom is 0.178 e. The van der Waals surface area contributed by atoms with Crippen molar-refractivity contribution in [3.05, 3.63) is 28.0 Å². The molecule has 0 radical (unpaired) electrons. The highest BCUT2D eigenvalue weighted by Gasteiger charge is 2.21. The summed E-state index contributed by atoms with van der Waals surface area (Å²) in [5.41, 5.74) is 2.12. The molecule has 1 aromatic carbocycles. The molecule has 0 saturated heterocycles. The standard InChI is InChI=1S/C14H20ClN3S/c1-14(2,8-17(3)4)9-18-12-10(15)6-5-7-11(12)16-13(18)19/h5-7H,8-9H2,1-4H3,(H,16,19). The topological polar surface area (TPSA) is 24.0 Å². The first kappa shape index (κ1) is 14.6. The molecule has 0 fully saturated rings. The van der Waals surface area contributed by atoms with E-state index in [4.69, 9.17) is 23.8 Å². The summed E-state index contributed by atoms with van der Waals surface area (Å²) in [5.74, 6) is 0. The fraction of sp³-hybridized carbons (Fsp3) is 0.500. The van der Waals surface area contributed by atoms with Crippen LogP contribution in [0.2, 0.25) is 5.02 Å². The Kier molecular flexibility index (Phi) is 4.04. The van der Waals surface area contributed by atoms with Crippen LogP contribution < -0.4 is 0 Å². The van der Waals surface area contributed by atoms with E-state index >= 15 is 0 Å². The number of aromatic amines is 1. The molecule has 0 saturated carbocycles. The summed E-state index contributed by atoms with van der Waals surface area (Å²) in [6.07, 6.45) is 0. The molecule has 2 aromatic rings. The van der Waals surface area contributed by atoms with E-state index in [2.05, 4.69) is 42.4 Å². The molecule has 0 bridgehead atoms. The maximum absolute atomic E-state index is 6.31. The largest absolute Gasteiger partial charge is 0.331 e. The normalized spacial score (nSPS) is 12.5. The first-order valence-electron chi connectivity index (χ1n) is 6.32. The van der Waals surface area contributed by atoms with Crippen LogP contribution in [0.1, 0.15) is 13.8 Å². The number of H-pyrrole nitrogens is 1. The molecule has 3 nitrogen and oxygen atoms in total. The average Bonchev–Trinajstić information content (AvgIpc) is 2.54. The number of hydrogen-bond acceptors (Lipinski definition) is 2. The minimum Gasteiger partial charge on any atom is -0.331 e. The minimum absolute atomic E-state index is 0.121. The van der Waals surface area contributed by atoms with Crippen molar-refractivity contribution in [2.75, 3.05) is 20.6 Å². The molecule has 1 N–H and O–H groups in total. The molecule has 0 aliphatic carbocycles. The number of rotatable bonds is 4. The second-order valence-corrected chi connectivity index (χ2v) is 6.85. The van der Waals surface area contributed by atoms with E-state index in [9.17, 15) is 0 Å². The molecule has 0 aliphatic heterocycles. The molecule has 0 spiro atoms. The van der Waals surface area contributed by atoms with E-state index in [1.54, 1.807) is 0 Å². The highest BCUT2D eigenvalue weighted by molar-refractivity contribution is 7.71. The van der Waals surface area contributed by atoms with Gasteiger partial charge in [-0.15, -0.1) is 0 Å². The van der Waals surface area contributed by atoms with Crippen LogP contribution >= 0.6 is 23.8 Å². The number of aromatic nitrogens is 2. The van der Waals surface area contributed by atoms with Crippen LogP contribution in [0.5, 0.6) is 0 Å². The highest BCUT2D eigenvalue weighted by Crippen LogP contribution is 2.27. The first-order chi connectivity index (χ1) is 8.80. The van der Waals surface area contributed by atoms with Crippen molar-refractivity contribution >= 4 is 34.9 Å². The summed E-state index contributed by atoms with van der Waals surface area (Å²) >= 11 is 11.7. The van der Waals surface area contributed by atoms with Gasteiger partial charge in [-0.05, 0) is 43.9 Å². The van der Waals surface area contributed by atoms with E-state index in [1.807, 2.05) is 18.2 Å². The van der Waals surface area contributed by atoms with Crippen LogP contribution in [0.25, 0.3) is 11.0 Å². The Hall–Kier alpha value is -0.840. The average molecular weight is 298 g/mol. The Morgan fingerprint density at radius 1 is 1.37 bits per heavy atom. The van der Waals surface area contributed by atoms with E-state index < -0.39 is 0 Å². The molecule has 0 unspecified atom stereocenters. The van der Waals surface area contributed by atoms with Gasteiger partial charge < -0.3 is 14.5 Å². The Balaban J connectivity index is 2.46. The third kappa shape index (κ3) is 3.19. The number of halogens is 1. The van der Waals surface area contributed by atoms with Gasteiger partial charge in [0, 0.05) is 13.1 Å². The molecule has 5 heteroatoms. The monoisotopic (exact) mass is 297 g/mol. The zero-order valence-electron chi connectivity index (χ0n) is 11.8. The van der Waals surface area contributed by atoms with Crippen LogP contribution in [-0.4, -0.2) is 35.1 Å². The molecule has 0 atom stereocenters. The summed E-state index contributed by atoms with van der Waals surface area (Å²) < 4.78 is 2.84. The number of hydrogen-bond donors (Lipinski definition) is 1. The lowest BCUT2D eigenvalue weighted by molar-refractivity contribution is 0.212. The van der Waals surface area contributed by atoms with Crippen LogP contribution in [0.3, 0.4) is 0 Å². The molecular formula is C14H20ClN3S. The molecule has 1 aromatic heterocycles. The highest BCUT2D eigenvalue weighted by atomic mass is 35.5. The van der Waals surface area contributed by atoms with E-state index in [-0.39, 0.29) is 5.41 Å². The van der Waals surface area contributed by atoms with Crippen LogP contribution in [0.4, 0.5) is 0 Å². The molecule has 0 amide bonds. The van der Waals surface area contributed by atoms with Gasteiger partial charge in [0.25, 0.3) is 0 Å². The predicted molar refractivity (Wildman–Crippen MR) is 84.5 cm³/mol. The van der Waals surface area contributed by atoms with Gasteiger partial charge in [0.1, 0.15) is 0 Å². The van der Waals surface area contributed by atoms with E-state index in [1.165, 1.54) is 0 Å². The van der Waals surface area contributed by atoms with Gasteiger partial charge in [0.15, 0.2) is 4.77 Å². The molecular weight excluding hydrogens is 278 g/mol. The van der Waals surface area contributed by atoms with Gasteiger partial charge >= 0.3 is 0 Å². The zero-order chi connectivity index (χ0) is 14.2. The third-order valence-corrected chi connectivity index (χ3v) is 3.70. The molecule has 104 valence electrons. The first-order valence-corrected chi connectivity index (χ1v) is 7.10. The van der Waals surface area contributed by atoms with Crippen LogP contribution in [-0.2, 0) is 6.54 Å². The predicted octanol–water partition coefficient (Wildman–Crippen LogP) is 3.94. The second-order valence-electron chi connectivity index (χ2n) is 6.05. The van der Waals surface area contributed by atoms with Gasteiger partial charge in [0.05, 0.1) is 16.1 Å². The van der Waals surface area contributed by atoms with Crippen molar-refractivity contribution in [3.8, 4) is 0 Å². The maximum atomic E-state index is 6.31. The summed E-state index contributed by atoms with van der Waals surface area (Å²) in [5, 5.41) is 0.741. The van der Waals surface area contributed by atoms with Crippen LogP contribution in [0, 0.1) is 10.2 Å². The Morgan fingerprint density at radius 2 is 2.05 bits per heavy atom. The van der Waals surface area contributed by atoms with Crippen molar-refractivity contribution in [2.24, 2.45) is 5.41 Å². The Morgan fingerprint density at radius 3 is 2.68 bits per heavy atom. The third-order valence-electron chi connectivity index (χ3n) is 3.07. The van der Waals surface area contributed by atoms with E-state index in [0.29, 0.717) is 0 Å². The zero-order valence-corrected chi connectivity index (χ0v) is 13.4. The lowest BCUT2D eigenvalue weighted by Gasteiger charge is -2.29.